The number of halogens is 1. The second-order valence-electron chi connectivity index (χ2n) is 9.32. The summed E-state index contributed by atoms with van der Waals surface area (Å²) in [5, 5.41) is 9.33. The molecule has 35 heavy (non-hydrogen) atoms. The molecule has 5 rings (SSSR count). The van der Waals surface area contributed by atoms with Gasteiger partial charge in [-0.15, -0.1) is 0 Å². The van der Waals surface area contributed by atoms with Gasteiger partial charge in [0.25, 0.3) is 0 Å². The van der Waals surface area contributed by atoms with Gasteiger partial charge in [-0.3, -0.25) is 0 Å². The minimum Gasteiger partial charge on any atom is -0.393 e. The summed E-state index contributed by atoms with van der Waals surface area (Å²) in [6.45, 7) is 3.19. The Hall–Kier alpha value is -3.24. The monoisotopic (exact) mass is 497 g/mol. The third-order valence-corrected chi connectivity index (χ3v) is 8.81. The van der Waals surface area contributed by atoms with Crippen LogP contribution in [0.15, 0.2) is 48.8 Å². The summed E-state index contributed by atoms with van der Waals surface area (Å²) < 4.78 is 43.4. The van der Waals surface area contributed by atoms with Gasteiger partial charge in [0.1, 0.15) is 11.3 Å². The molecular weight excluding hydrogens is 469 g/mol. The molecule has 8 nitrogen and oxygen atoms in total. The summed E-state index contributed by atoms with van der Waals surface area (Å²) in [5.74, 6) is -0.487. The van der Waals surface area contributed by atoms with E-state index in [-0.39, 0.29) is 23.9 Å². The van der Waals surface area contributed by atoms with E-state index in [1.54, 1.807) is 44.4 Å². The van der Waals surface area contributed by atoms with Gasteiger partial charge in [-0.2, -0.15) is 0 Å². The van der Waals surface area contributed by atoms with Gasteiger partial charge in [0.05, 0.1) is 34.6 Å². The van der Waals surface area contributed by atoms with Crippen molar-refractivity contribution in [2.45, 2.75) is 56.9 Å². The first kappa shape index (κ1) is 23.5. The molecule has 184 valence electrons. The standard InChI is InChI=1S/C25H28FN5O3S/c1-15(2)35(33,34)31-21-8-4-7-20(23(21)29-25(31)27)24-22(16-5-3-6-17(26)13-16)28-14-30(24)18-9-11-19(32)12-10-18/h3-8,13-15,18-19,32H,9-12H2,1-2H3,(H2,27,29)/t18-,19-. The number of benzene rings is 2. The normalized spacial score (nSPS) is 19.0. The average molecular weight is 498 g/mol. The molecule has 0 bridgehead atoms. The summed E-state index contributed by atoms with van der Waals surface area (Å²) in [4.78, 5) is 9.14. The smallest absolute Gasteiger partial charge is 0.244 e. The Morgan fingerprint density at radius 1 is 1.11 bits per heavy atom. The van der Waals surface area contributed by atoms with Crippen LogP contribution in [0, 0.1) is 5.82 Å². The molecule has 0 atom stereocenters. The van der Waals surface area contributed by atoms with Crippen molar-refractivity contribution in [2.24, 2.45) is 0 Å². The molecule has 3 N–H and O–H groups in total. The zero-order valence-corrected chi connectivity index (χ0v) is 20.4. The van der Waals surface area contributed by atoms with Crippen molar-refractivity contribution in [1.82, 2.24) is 18.5 Å². The molecule has 2 aromatic heterocycles. The molecule has 2 aromatic carbocycles. The van der Waals surface area contributed by atoms with E-state index in [0.29, 0.717) is 46.4 Å². The third kappa shape index (κ3) is 4.00. The molecule has 1 aliphatic carbocycles. The first-order valence-electron chi connectivity index (χ1n) is 11.7. The molecule has 0 saturated heterocycles. The molecule has 2 heterocycles. The number of imidazole rings is 2. The molecule has 10 heteroatoms. The SMILES string of the molecule is CC(C)S(=O)(=O)n1c(N)nc2c(-c3c(-c4cccc(F)c4)ncn3[C@H]3CC[C@H](O)CC3)cccc21. The topological polar surface area (TPSA) is 116 Å². The molecule has 1 aliphatic rings. The number of nitrogens with zero attached hydrogens (tertiary/aromatic N) is 4. The minimum absolute atomic E-state index is 0.0808. The lowest BCUT2D eigenvalue weighted by molar-refractivity contribution is 0.111. The van der Waals surface area contributed by atoms with E-state index in [9.17, 15) is 17.9 Å². The molecule has 1 fully saturated rings. The highest BCUT2D eigenvalue weighted by atomic mass is 32.2. The Morgan fingerprint density at radius 3 is 2.51 bits per heavy atom. The summed E-state index contributed by atoms with van der Waals surface area (Å²) in [6.07, 6.45) is 4.30. The van der Waals surface area contributed by atoms with Crippen LogP contribution in [0.2, 0.25) is 0 Å². The Bertz CT molecular complexity index is 1500. The number of para-hydroxylation sites is 1. The van der Waals surface area contributed by atoms with Gasteiger partial charge in [-0.05, 0) is 57.7 Å². The van der Waals surface area contributed by atoms with E-state index in [0.717, 1.165) is 16.8 Å². The predicted octanol–water partition coefficient (Wildman–Crippen LogP) is 4.35. The van der Waals surface area contributed by atoms with Gasteiger partial charge in [0.15, 0.2) is 0 Å². The molecule has 4 aromatic rings. The van der Waals surface area contributed by atoms with Crippen molar-refractivity contribution in [2.75, 3.05) is 5.73 Å². The Morgan fingerprint density at radius 2 is 1.83 bits per heavy atom. The summed E-state index contributed by atoms with van der Waals surface area (Å²) >= 11 is 0. The molecule has 1 saturated carbocycles. The third-order valence-electron chi connectivity index (χ3n) is 6.72. The zero-order chi connectivity index (χ0) is 24.9. The maximum absolute atomic E-state index is 14.1. The fraction of sp³-hybridized carbons (Fsp3) is 0.360. The molecule has 0 aliphatic heterocycles. The first-order chi connectivity index (χ1) is 16.7. The van der Waals surface area contributed by atoms with Crippen LogP contribution in [0.4, 0.5) is 10.3 Å². The summed E-state index contributed by atoms with van der Waals surface area (Å²) in [6, 6.07) is 11.6. The molecule has 0 amide bonds. The maximum atomic E-state index is 14.1. The van der Waals surface area contributed by atoms with Crippen molar-refractivity contribution in [3.63, 3.8) is 0 Å². The van der Waals surface area contributed by atoms with Gasteiger partial charge >= 0.3 is 0 Å². The van der Waals surface area contributed by atoms with Gasteiger partial charge < -0.3 is 15.4 Å². The highest BCUT2D eigenvalue weighted by Crippen LogP contribution is 2.40. The second-order valence-corrected chi connectivity index (χ2v) is 11.7. The first-order valence-corrected chi connectivity index (χ1v) is 13.2. The van der Waals surface area contributed by atoms with Crippen molar-refractivity contribution in [1.29, 1.82) is 0 Å². The average Bonchev–Trinajstić information content (AvgIpc) is 3.40. The van der Waals surface area contributed by atoms with Crippen LogP contribution in [-0.2, 0) is 10.0 Å². The Kier molecular flexibility index (Phi) is 5.88. The van der Waals surface area contributed by atoms with Gasteiger partial charge in [-0.25, -0.2) is 26.7 Å². The Balaban J connectivity index is 1.77. The number of rotatable bonds is 5. The lowest BCUT2D eigenvalue weighted by Crippen LogP contribution is -2.23. The van der Waals surface area contributed by atoms with Crippen LogP contribution in [0.1, 0.15) is 45.6 Å². The number of nitrogen functional groups attached to an aromatic ring is 1. The zero-order valence-electron chi connectivity index (χ0n) is 19.6. The summed E-state index contributed by atoms with van der Waals surface area (Å²) in [5.41, 5.74) is 9.51. The van der Waals surface area contributed by atoms with Gasteiger partial charge in [0, 0.05) is 17.2 Å². The number of aliphatic hydroxyl groups excluding tert-OH is 1. The lowest BCUT2D eigenvalue weighted by Gasteiger charge is -2.28. The fourth-order valence-corrected chi connectivity index (χ4v) is 6.00. The van der Waals surface area contributed by atoms with Crippen molar-refractivity contribution in [3.8, 4) is 22.5 Å². The van der Waals surface area contributed by atoms with E-state index >= 15 is 0 Å². The highest BCUT2D eigenvalue weighted by Gasteiger charge is 2.29. The number of nitrogens with two attached hydrogens (primary N) is 1. The number of aromatic nitrogens is 4. The van der Waals surface area contributed by atoms with Crippen molar-refractivity contribution in [3.05, 3.63) is 54.6 Å². The molecular formula is C25H28FN5O3S. The largest absolute Gasteiger partial charge is 0.393 e. The van der Waals surface area contributed by atoms with Crippen LogP contribution in [0.25, 0.3) is 33.5 Å². The maximum Gasteiger partial charge on any atom is 0.244 e. The quantitative estimate of drug-likeness (QED) is 0.423. The number of hydrogen-bond acceptors (Lipinski definition) is 6. The van der Waals surface area contributed by atoms with E-state index in [2.05, 4.69) is 9.97 Å². The van der Waals surface area contributed by atoms with Crippen LogP contribution in [0.3, 0.4) is 0 Å². The van der Waals surface area contributed by atoms with E-state index in [1.165, 1.54) is 12.1 Å². The number of hydrogen-bond donors (Lipinski definition) is 2. The van der Waals surface area contributed by atoms with E-state index < -0.39 is 15.3 Å². The van der Waals surface area contributed by atoms with Gasteiger partial charge in [-0.1, -0.05) is 24.3 Å². The number of aliphatic hydroxyl groups is 1. The minimum atomic E-state index is -3.75. The van der Waals surface area contributed by atoms with E-state index in [1.807, 2.05) is 10.6 Å². The second kappa shape index (κ2) is 8.76. The number of fused-ring (bicyclic) bond motifs is 1. The molecule has 0 unspecified atom stereocenters. The van der Waals surface area contributed by atoms with Crippen molar-refractivity contribution >= 4 is 27.0 Å². The summed E-state index contributed by atoms with van der Waals surface area (Å²) in [7, 11) is -3.75. The highest BCUT2D eigenvalue weighted by molar-refractivity contribution is 7.90. The number of anilines is 1. The van der Waals surface area contributed by atoms with Crippen LogP contribution in [0.5, 0.6) is 0 Å². The van der Waals surface area contributed by atoms with E-state index in [4.69, 9.17) is 5.73 Å². The van der Waals surface area contributed by atoms with Crippen LogP contribution < -0.4 is 5.73 Å². The molecule has 0 radical (unpaired) electrons. The van der Waals surface area contributed by atoms with Crippen LogP contribution >= 0.6 is 0 Å². The van der Waals surface area contributed by atoms with Gasteiger partial charge in [0.2, 0.25) is 16.0 Å². The molecule has 0 spiro atoms. The predicted molar refractivity (Wildman–Crippen MR) is 134 cm³/mol. The fourth-order valence-electron chi connectivity index (χ4n) is 4.85. The Labute approximate surface area is 203 Å². The van der Waals surface area contributed by atoms with Crippen molar-refractivity contribution < 1.29 is 17.9 Å². The van der Waals surface area contributed by atoms with Crippen LogP contribution in [-0.4, -0.2) is 43.4 Å². The lowest BCUT2D eigenvalue weighted by atomic mass is 9.92.